The Labute approximate surface area is 130 Å². The SMILES string of the molecule is [2H]c1ccc2nc(C([2H])([2H])[2H])n(C3([2H])C(=O)CC(=O)CC3([2H])[2H])c(=O)c2c1N. The standard InChI is InChI=1S/C15H15N3O3/c1-8-17-11-4-2-3-10(16)14(11)15(21)18(8)12-6-5-9(19)7-13(12)20/h2-4,12H,5-7,16H2,1H3/i1D3,3D,6D2,12D. The van der Waals surface area contributed by atoms with Gasteiger partial charge in [0.25, 0.3) is 5.56 Å². The van der Waals surface area contributed by atoms with Crippen molar-refractivity contribution < 1.29 is 19.2 Å². The summed E-state index contributed by atoms with van der Waals surface area (Å²) >= 11 is 0. The first kappa shape index (κ1) is 7.49. The lowest BCUT2D eigenvalue weighted by Gasteiger charge is -2.24. The average molecular weight is 292 g/mol. The van der Waals surface area contributed by atoms with Gasteiger partial charge in [-0.15, -0.1) is 0 Å². The zero-order valence-electron chi connectivity index (χ0n) is 17.8. The van der Waals surface area contributed by atoms with Gasteiger partial charge >= 0.3 is 0 Å². The maximum absolute atomic E-state index is 13.2. The molecular weight excluding hydrogens is 270 g/mol. The second-order valence-corrected chi connectivity index (χ2v) is 4.57. The first-order valence-corrected chi connectivity index (χ1v) is 6.09. The molecule has 0 spiro atoms. The van der Waals surface area contributed by atoms with Crippen LogP contribution in [-0.4, -0.2) is 21.1 Å². The smallest absolute Gasteiger partial charge is 0.264 e. The molecule has 2 aromatic rings. The van der Waals surface area contributed by atoms with E-state index in [9.17, 15) is 14.4 Å². The maximum atomic E-state index is 13.2. The van der Waals surface area contributed by atoms with Gasteiger partial charge in [-0.3, -0.25) is 19.0 Å². The quantitative estimate of drug-likeness (QED) is 0.628. The van der Waals surface area contributed by atoms with Gasteiger partial charge in [0.2, 0.25) is 0 Å². The number of anilines is 1. The molecule has 1 aliphatic rings. The topological polar surface area (TPSA) is 95.0 Å². The lowest BCUT2D eigenvalue weighted by molar-refractivity contribution is -0.132. The summed E-state index contributed by atoms with van der Waals surface area (Å²) in [7, 11) is 0. The lowest BCUT2D eigenvalue weighted by atomic mass is 9.92. The van der Waals surface area contributed by atoms with E-state index < -0.39 is 60.4 Å². The van der Waals surface area contributed by atoms with Gasteiger partial charge < -0.3 is 5.73 Å². The van der Waals surface area contributed by atoms with Crippen molar-refractivity contribution in [3.05, 3.63) is 34.4 Å². The van der Waals surface area contributed by atoms with Gasteiger partial charge in [-0.1, -0.05) is 6.07 Å². The molecule has 1 unspecified atom stereocenters. The number of carbonyl (C=O) groups excluding carboxylic acids is 2. The Morgan fingerprint density at radius 3 is 3.10 bits per heavy atom. The monoisotopic (exact) mass is 292 g/mol. The highest BCUT2D eigenvalue weighted by atomic mass is 16.2. The lowest BCUT2D eigenvalue weighted by Crippen LogP contribution is -2.36. The number of ketones is 2. The van der Waals surface area contributed by atoms with E-state index in [-0.39, 0.29) is 21.8 Å². The third kappa shape index (κ3) is 2.12. The van der Waals surface area contributed by atoms with Crippen LogP contribution in [0.15, 0.2) is 23.0 Å². The van der Waals surface area contributed by atoms with Gasteiger partial charge in [-0.2, -0.15) is 0 Å². The van der Waals surface area contributed by atoms with E-state index in [1.54, 1.807) is 0 Å². The normalized spacial score (nSPS) is 30.6. The fourth-order valence-corrected chi connectivity index (χ4v) is 2.21. The van der Waals surface area contributed by atoms with Crippen molar-refractivity contribution >= 4 is 28.2 Å². The average Bonchev–Trinajstić information content (AvgIpc) is 2.54. The Hall–Kier alpha value is -2.50. The van der Waals surface area contributed by atoms with Crippen molar-refractivity contribution in [2.24, 2.45) is 0 Å². The van der Waals surface area contributed by atoms with Crippen LogP contribution >= 0.6 is 0 Å². The van der Waals surface area contributed by atoms with E-state index in [0.717, 1.165) is 0 Å². The Bertz CT molecular complexity index is 1090. The van der Waals surface area contributed by atoms with Gasteiger partial charge in [0.15, 0.2) is 5.78 Å². The summed E-state index contributed by atoms with van der Waals surface area (Å²) < 4.78 is 55.6. The molecule has 1 saturated carbocycles. The van der Waals surface area contributed by atoms with Crippen LogP contribution in [0.1, 0.15) is 40.7 Å². The molecule has 1 atom stereocenters. The highest BCUT2D eigenvalue weighted by Gasteiger charge is 2.30. The predicted molar refractivity (Wildman–Crippen MR) is 78.1 cm³/mol. The van der Waals surface area contributed by atoms with Gasteiger partial charge in [-0.05, 0) is 25.3 Å². The van der Waals surface area contributed by atoms with Crippen molar-refractivity contribution in [2.75, 3.05) is 5.73 Å². The van der Waals surface area contributed by atoms with Crippen LogP contribution in [0.4, 0.5) is 5.69 Å². The minimum Gasteiger partial charge on any atom is -0.398 e. The van der Waals surface area contributed by atoms with Crippen molar-refractivity contribution in [3.63, 3.8) is 0 Å². The fraction of sp³-hybridized carbons (Fsp3) is 0.333. The summed E-state index contributed by atoms with van der Waals surface area (Å²) in [5, 5.41) is -0.396. The number of aryl methyl sites for hydroxylation is 1. The number of nitrogens with zero attached hydrogens (tertiary/aromatic N) is 2. The van der Waals surface area contributed by atoms with Crippen LogP contribution in [0.2, 0.25) is 0 Å². The number of benzene rings is 1. The van der Waals surface area contributed by atoms with Gasteiger partial charge in [0.1, 0.15) is 11.6 Å². The Balaban J connectivity index is 2.54. The zero-order valence-corrected chi connectivity index (χ0v) is 10.8. The molecule has 108 valence electrons. The molecule has 21 heavy (non-hydrogen) atoms. The number of carbonyl (C=O) groups is 2. The van der Waals surface area contributed by atoms with E-state index in [4.69, 9.17) is 15.3 Å². The molecule has 1 heterocycles. The number of nitrogens with two attached hydrogens (primary N) is 1. The first-order valence-electron chi connectivity index (χ1n) is 9.59. The number of Topliss-reactive ketones (excluding diaryl/α,β-unsaturated/α-hetero) is 2. The third-order valence-electron chi connectivity index (χ3n) is 3.16. The summed E-state index contributed by atoms with van der Waals surface area (Å²) in [5.41, 5.74) is 4.03. The molecule has 2 N–H and O–H groups in total. The summed E-state index contributed by atoms with van der Waals surface area (Å²) in [4.78, 5) is 41.3. The van der Waals surface area contributed by atoms with E-state index in [1.165, 1.54) is 12.1 Å². The van der Waals surface area contributed by atoms with Crippen LogP contribution in [0.25, 0.3) is 10.9 Å². The molecule has 1 aliphatic carbocycles. The van der Waals surface area contributed by atoms with Crippen LogP contribution in [0, 0.1) is 6.85 Å². The van der Waals surface area contributed by atoms with Gasteiger partial charge in [0, 0.05) is 19.0 Å². The van der Waals surface area contributed by atoms with Crippen molar-refractivity contribution in [1.82, 2.24) is 9.55 Å². The van der Waals surface area contributed by atoms with Crippen molar-refractivity contribution in [3.8, 4) is 0 Å². The van der Waals surface area contributed by atoms with Gasteiger partial charge in [-0.25, -0.2) is 4.98 Å². The molecule has 0 bridgehead atoms. The molecule has 0 radical (unpaired) electrons. The summed E-state index contributed by atoms with van der Waals surface area (Å²) in [5.74, 6) is -2.99. The van der Waals surface area contributed by atoms with E-state index >= 15 is 0 Å². The van der Waals surface area contributed by atoms with E-state index in [1.807, 2.05) is 0 Å². The number of aromatic nitrogens is 2. The predicted octanol–water partition coefficient (Wildman–Crippen LogP) is 1.15. The van der Waals surface area contributed by atoms with Crippen molar-refractivity contribution in [1.29, 1.82) is 0 Å². The summed E-state index contributed by atoms with van der Waals surface area (Å²) in [6.45, 7) is -3.08. The summed E-state index contributed by atoms with van der Waals surface area (Å²) in [6.07, 6.45) is -4.53. The first-order chi connectivity index (χ1) is 12.7. The number of hydrogen-bond donors (Lipinski definition) is 1. The molecule has 1 aromatic heterocycles. The Morgan fingerprint density at radius 1 is 1.57 bits per heavy atom. The fourth-order valence-electron chi connectivity index (χ4n) is 2.21. The molecule has 3 rings (SSSR count). The van der Waals surface area contributed by atoms with E-state index in [2.05, 4.69) is 4.98 Å². The maximum Gasteiger partial charge on any atom is 0.264 e. The highest BCUT2D eigenvalue weighted by Crippen LogP contribution is 2.24. The Kier molecular flexibility index (Phi) is 1.71. The van der Waals surface area contributed by atoms with E-state index in [0.29, 0.717) is 0 Å². The van der Waals surface area contributed by atoms with Gasteiger partial charge in [0.05, 0.1) is 26.1 Å². The second kappa shape index (κ2) is 4.80. The second-order valence-electron chi connectivity index (χ2n) is 4.57. The molecule has 0 saturated heterocycles. The molecule has 0 aliphatic heterocycles. The molecular formula is C15H15N3O3. The van der Waals surface area contributed by atoms with Crippen LogP contribution in [-0.2, 0) is 9.59 Å². The van der Waals surface area contributed by atoms with Crippen LogP contribution in [0.3, 0.4) is 0 Å². The third-order valence-corrected chi connectivity index (χ3v) is 3.16. The molecule has 1 aromatic carbocycles. The number of fused-ring (bicyclic) bond motifs is 1. The van der Waals surface area contributed by atoms with Crippen LogP contribution in [0.5, 0.6) is 0 Å². The minimum atomic E-state index is -3.08. The van der Waals surface area contributed by atoms with Crippen molar-refractivity contribution in [2.45, 2.75) is 32.1 Å². The number of rotatable bonds is 1. The minimum absolute atomic E-state index is 0.163. The van der Waals surface area contributed by atoms with Crippen LogP contribution < -0.4 is 11.3 Å². The largest absolute Gasteiger partial charge is 0.398 e. The Morgan fingerprint density at radius 2 is 2.38 bits per heavy atom. The molecule has 6 heteroatoms. The molecule has 6 nitrogen and oxygen atoms in total. The molecule has 0 amide bonds. The molecule has 1 fully saturated rings. The zero-order chi connectivity index (χ0) is 21.2. The number of nitrogen functional groups attached to an aromatic ring is 1. The highest BCUT2D eigenvalue weighted by molar-refractivity contribution is 6.03. The number of hydrogen-bond acceptors (Lipinski definition) is 5. The summed E-state index contributed by atoms with van der Waals surface area (Å²) in [6, 6.07) is -0.885.